The summed E-state index contributed by atoms with van der Waals surface area (Å²) in [5.74, 6) is 0.214. The number of hydrogen-bond acceptors (Lipinski definition) is 4. The quantitative estimate of drug-likeness (QED) is 0.750. The number of nitrogens with one attached hydrogen (secondary N) is 1. The Morgan fingerprint density at radius 2 is 1.86 bits per heavy atom. The third kappa shape index (κ3) is 4.57. The lowest BCUT2D eigenvalue weighted by molar-refractivity contribution is -0.128. The van der Waals surface area contributed by atoms with E-state index in [9.17, 15) is 14.4 Å². The van der Waals surface area contributed by atoms with Crippen LogP contribution >= 0.6 is 0 Å². The number of ketones is 1. The number of para-hydroxylation sites is 1. The number of carbonyl (C=O) groups is 3. The second-order valence-electron chi connectivity index (χ2n) is 6.93. The number of methoxy groups -OCH3 is 1. The highest BCUT2D eigenvalue weighted by atomic mass is 16.5. The Kier molecular flexibility index (Phi) is 6.09. The van der Waals surface area contributed by atoms with Crippen molar-refractivity contribution in [2.45, 2.75) is 19.8 Å². The van der Waals surface area contributed by atoms with Gasteiger partial charge in [0.05, 0.1) is 13.0 Å². The van der Waals surface area contributed by atoms with E-state index in [0.29, 0.717) is 30.8 Å². The van der Waals surface area contributed by atoms with Crippen molar-refractivity contribution in [3.8, 4) is 5.75 Å². The minimum Gasteiger partial charge on any atom is -0.496 e. The van der Waals surface area contributed by atoms with Crippen molar-refractivity contribution < 1.29 is 19.1 Å². The second kappa shape index (κ2) is 8.69. The number of ether oxygens (including phenoxy) is 1. The van der Waals surface area contributed by atoms with Crippen LogP contribution in [0.15, 0.2) is 48.5 Å². The number of benzene rings is 2. The molecule has 3 rings (SSSR count). The van der Waals surface area contributed by atoms with Gasteiger partial charge in [0.2, 0.25) is 11.8 Å². The summed E-state index contributed by atoms with van der Waals surface area (Å²) in [6.07, 6.45) is 0.889. The molecule has 2 aromatic carbocycles. The zero-order valence-corrected chi connectivity index (χ0v) is 16.1. The number of rotatable bonds is 7. The van der Waals surface area contributed by atoms with Gasteiger partial charge in [-0.15, -0.1) is 0 Å². The van der Waals surface area contributed by atoms with E-state index in [-0.39, 0.29) is 29.9 Å². The van der Waals surface area contributed by atoms with Crippen LogP contribution in [-0.4, -0.2) is 42.7 Å². The molecule has 0 bridgehead atoms. The lowest BCUT2D eigenvalue weighted by atomic mass is 10.1. The lowest BCUT2D eigenvalue weighted by Gasteiger charge is -2.17. The van der Waals surface area contributed by atoms with Crippen LogP contribution < -0.4 is 10.1 Å². The highest BCUT2D eigenvalue weighted by Gasteiger charge is 2.34. The van der Waals surface area contributed by atoms with Gasteiger partial charge in [-0.3, -0.25) is 14.4 Å². The number of nitrogens with zero attached hydrogens (tertiary/aromatic N) is 1. The molecule has 0 aliphatic carbocycles. The summed E-state index contributed by atoms with van der Waals surface area (Å²) in [4.78, 5) is 37.9. The van der Waals surface area contributed by atoms with Gasteiger partial charge in [0.25, 0.3) is 0 Å². The first-order valence-corrected chi connectivity index (χ1v) is 9.29. The molecule has 1 aliphatic rings. The normalized spacial score (nSPS) is 16.1. The van der Waals surface area contributed by atoms with Gasteiger partial charge in [-0.05, 0) is 49.2 Å². The molecule has 1 aliphatic heterocycles. The van der Waals surface area contributed by atoms with Crippen LogP contribution in [0.5, 0.6) is 5.75 Å². The van der Waals surface area contributed by atoms with Crippen molar-refractivity contribution in [2.24, 2.45) is 5.92 Å². The second-order valence-corrected chi connectivity index (χ2v) is 6.93. The minimum atomic E-state index is -0.377. The van der Waals surface area contributed by atoms with Gasteiger partial charge in [-0.1, -0.05) is 18.2 Å². The maximum Gasteiger partial charge on any atom is 0.229 e. The van der Waals surface area contributed by atoms with Crippen LogP contribution in [0, 0.1) is 5.92 Å². The van der Waals surface area contributed by atoms with E-state index < -0.39 is 0 Å². The van der Waals surface area contributed by atoms with Gasteiger partial charge in [0, 0.05) is 30.8 Å². The largest absolute Gasteiger partial charge is 0.496 e. The van der Waals surface area contributed by atoms with Crippen LogP contribution in [-0.2, 0) is 16.0 Å². The van der Waals surface area contributed by atoms with E-state index in [1.54, 1.807) is 36.3 Å². The summed E-state index contributed by atoms with van der Waals surface area (Å²) in [6, 6.07) is 14.5. The molecule has 1 unspecified atom stereocenters. The summed E-state index contributed by atoms with van der Waals surface area (Å²) >= 11 is 0. The number of anilines is 1. The summed E-state index contributed by atoms with van der Waals surface area (Å²) in [7, 11) is 1.63. The van der Waals surface area contributed by atoms with Crippen molar-refractivity contribution in [3.63, 3.8) is 0 Å². The van der Waals surface area contributed by atoms with Crippen LogP contribution in [0.1, 0.15) is 29.3 Å². The standard InChI is InChI=1S/C22H24N2O4/c1-15(25)16-7-9-19(10-8-16)23-22(27)18-13-21(26)24(14-18)12-11-17-5-3-4-6-20(17)28-2/h3-10,18H,11-14H2,1-2H3,(H,23,27). The first-order chi connectivity index (χ1) is 13.5. The maximum absolute atomic E-state index is 12.5. The molecule has 6 heteroatoms. The van der Waals surface area contributed by atoms with Gasteiger partial charge in [0.15, 0.2) is 5.78 Å². The van der Waals surface area contributed by atoms with Crippen molar-refractivity contribution in [1.29, 1.82) is 0 Å². The molecule has 0 aromatic heterocycles. The van der Waals surface area contributed by atoms with Crippen molar-refractivity contribution in [2.75, 3.05) is 25.5 Å². The third-order valence-electron chi connectivity index (χ3n) is 4.99. The van der Waals surface area contributed by atoms with Gasteiger partial charge in [0.1, 0.15) is 5.75 Å². The zero-order valence-electron chi connectivity index (χ0n) is 16.1. The molecular weight excluding hydrogens is 356 g/mol. The average molecular weight is 380 g/mol. The van der Waals surface area contributed by atoms with Gasteiger partial charge in [-0.2, -0.15) is 0 Å². The predicted octanol–water partition coefficient (Wildman–Crippen LogP) is 2.93. The highest BCUT2D eigenvalue weighted by molar-refractivity contribution is 5.98. The molecule has 0 spiro atoms. The van der Waals surface area contributed by atoms with E-state index in [2.05, 4.69) is 5.32 Å². The monoisotopic (exact) mass is 380 g/mol. The first kappa shape index (κ1) is 19.6. The molecule has 1 saturated heterocycles. The van der Waals surface area contributed by atoms with Gasteiger partial charge in [-0.25, -0.2) is 0 Å². The number of carbonyl (C=O) groups excluding carboxylic acids is 3. The summed E-state index contributed by atoms with van der Waals surface area (Å²) in [5.41, 5.74) is 2.25. The van der Waals surface area contributed by atoms with Crippen LogP contribution in [0.2, 0.25) is 0 Å². The number of hydrogen-bond donors (Lipinski definition) is 1. The molecule has 0 saturated carbocycles. The van der Waals surface area contributed by atoms with Crippen molar-refractivity contribution in [1.82, 2.24) is 4.90 Å². The number of likely N-dealkylation sites (tertiary alicyclic amines) is 1. The fourth-order valence-corrected chi connectivity index (χ4v) is 3.36. The number of amides is 2. The Morgan fingerprint density at radius 1 is 1.14 bits per heavy atom. The maximum atomic E-state index is 12.5. The van der Waals surface area contributed by atoms with Crippen LogP contribution in [0.4, 0.5) is 5.69 Å². The van der Waals surface area contributed by atoms with Crippen LogP contribution in [0.25, 0.3) is 0 Å². The molecular formula is C22H24N2O4. The Bertz CT molecular complexity index is 876. The molecule has 6 nitrogen and oxygen atoms in total. The molecule has 1 fully saturated rings. The molecule has 1 heterocycles. The summed E-state index contributed by atoms with van der Waals surface area (Å²) in [5, 5.41) is 2.83. The molecule has 0 radical (unpaired) electrons. The SMILES string of the molecule is COc1ccccc1CCN1CC(C(=O)Nc2ccc(C(C)=O)cc2)CC1=O. The first-order valence-electron chi connectivity index (χ1n) is 9.29. The Morgan fingerprint density at radius 3 is 2.54 bits per heavy atom. The number of Topliss-reactive ketones (excluding diaryl/α,β-unsaturated/α-hetero) is 1. The Balaban J connectivity index is 1.56. The summed E-state index contributed by atoms with van der Waals surface area (Å²) < 4.78 is 5.35. The molecule has 1 N–H and O–H groups in total. The van der Waals surface area contributed by atoms with E-state index in [1.165, 1.54) is 6.92 Å². The topological polar surface area (TPSA) is 75.7 Å². The fraction of sp³-hybridized carbons (Fsp3) is 0.318. The highest BCUT2D eigenvalue weighted by Crippen LogP contribution is 2.23. The smallest absolute Gasteiger partial charge is 0.229 e. The molecule has 146 valence electrons. The van der Waals surface area contributed by atoms with E-state index in [0.717, 1.165) is 11.3 Å². The molecule has 2 aromatic rings. The average Bonchev–Trinajstić information content (AvgIpc) is 3.07. The van der Waals surface area contributed by atoms with Gasteiger partial charge < -0.3 is 15.0 Å². The molecule has 1 atom stereocenters. The Hall–Kier alpha value is -3.15. The fourth-order valence-electron chi connectivity index (χ4n) is 3.36. The lowest BCUT2D eigenvalue weighted by Crippen LogP contribution is -2.30. The van der Waals surface area contributed by atoms with Crippen molar-refractivity contribution >= 4 is 23.3 Å². The zero-order chi connectivity index (χ0) is 20.1. The Labute approximate surface area is 164 Å². The molecule has 2 amide bonds. The minimum absolute atomic E-state index is 0.0121. The van der Waals surface area contributed by atoms with E-state index >= 15 is 0 Å². The van der Waals surface area contributed by atoms with Crippen molar-refractivity contribution in [3.05, 3.63) is 59.7 Å². The molecule has 28 heavy (non-hydrogen) atoms. The van der Waals surface area contributed by atoms with Crippen LogP contribution in [0.3, 0.4) is 0 Å². The predicted molar refractivity (Wildman–Crippen MR) is 106 cm³/mol. The summed E-state index contributed by atoms with van der Waals surface area (Å²) in [6.45, 7) is 2.46. The third-order valence-corrected chi connectivity index (χ3v) is 4.99. The van der Waals surface area contributed by atoms with E-state index in [4.69, 9.17) is 4.74 Å². The van der Waals surface area contributed by atoms with Gasteiger partial charge >= 0.3 is 0 Å². The van der Waals surface area contributed by atoms with E-state index in [1.807, 2.05) is 24.3 Å².